The molecule has 3 heteroatoms. The normalized spacial score (nSPS) is 25.9. The van der Waals surface area contributed by atoms with Crippen LogP contribution in [0.4, 0.5) is 0 Å². The lowest BCUT2D eigenvalue weighted by Gasteiger charge is -2.33. The molecule has 0 aromatic heterocycles. The molecule has 2 nitrogen and oxygen atoms in total. The van der Waals surface area contributed by atoms with Crippen LogP contribution in [0, 0.1) is 15.4 Å². The van der Waals surface area contributed by atoms with Gasteiger partial charge in [0.1, 0.15) is 0 Å². The fourth-order valence-corrected chi connectivity index (χ4v) is 3.46. The molecule has 1 aliphatic carbocycles. The van der Waals surface area contributed by atoms with Gasteiger partial charge in [0.15, 0.2) is 0 Å². The maximum absolute atomic E-state index is 5.79. The molecule has 0 aliphatic heterocycles. The summed E-state index contributed by atoms with van der Waals surface area (Å²) in [6, 6.07) is 9.06. The average molecular weight is 358 g/mol. The van der Waals surface area contributed by atoms with E-state index in [-0.39, 0.29) is 0 Å². The number of nitrogens with two attached hydrogens (primary N) is 1. The van der Waals surface area contributed by atoms with Crippen LogP contribution in [0.3, 0.4) is 0 Å². The molecule has 3 N–H and O–H groups in total. The molecule has 0 spiro atoms. The molecule has 1 aromatic rings. The van der Waals surface area contributed by atoms with Crippen LogP contribution in [0.5, 0.6) is 0 Å². The maximum atomic E-state index is 5.79. The fourth-order valence-electron chi connectivity index (χ4n) is 3.10. The number of halogens is 1. The van der Waals surface area contributed by atoms with Gasteiger partial charge < -0.3 is 0 Å². The molecule has 1 saturated carbocycles. The van der Waals surface area contributed by atoms with Crippen molar-refractivity contribution in [3.63, 3.8) is 0 Å². The van der Waals surface area contributed by atoms with Crippen molar-refractivity contribution in [2.24, 2.45) is 17.7 Å². The minimum Gasteiger partial charge on any atom is -0.271 e. The van der Waals surface area contributed by atoms with Crippen LogP contribution >= 0.6 is 22.6 Å². The van der Waals surface area contributed by atoms with Crippen LogP contribution in [0.2, 0.25) is 0 Å². The number of hydrogen-bond acceptors (Lipinski definition) is 2. The Morgan fingerprint density at radius 3 is 2.33 bits per heavy atom. The van der Waals surface area contributed by atoms with Crippen LogP contribution in [0.1, 0.15) is 50.6 Å². The molecule has 1 unspecified atom stereocenters. The summed E-state index contributed by atoms with van der Waals surface area (Å²) in [5, 5.41) is 0. The molecular weight excluding hydrogens is 335 g/mol. The van der Waals surface area contributed by atoms with Crippen molar-refractivity contribution in [3.05, 3.63) is 33.4 Å². The Kier molecular flexibility index (Phi) is 5.45. The lowest BCUT2D eigenvalue weighted by atomic mass is 9.76. The number of nitrogens with one attached hydrogen (secondary N) is 1. The largest absolute Gasteiger partial charge is 0.271 e. The van der Waals surface area contributed by atoms with Crippen LogP contribution in [-0.4, -0.2) is 0 Å². The summed E-state index contributed by atoms with van der Waals surface area (Å²) >= 11 is 2.34. The highest BCUT2D eigenvalue weighted by atomic mass is 127. The predicted octanol–water partition coefficient (Wildman–Crippen LogP) is 4.01. The summed E-state index contributed by atoms with van der Waals surface area (Å²) in [6.45, 7) is 2.31. The van der Waals surface area contributed by atoms with Gasteiger partial charge in [0, 0.05) is 9.61 Å². The summed E-state index contributed by atoms with van der Waals surface area (Å²) < 4.78 is 1.28. The Morgan fingerprint density at radius 1 is 1.22 bits per heavy atom. The molecule has 2 rings (SSSR count). The number of benzene rings is 1. The Balaban J connectivity index is 2.03. The van der Waals surface area contributed by atoms with Gasteiger partial charge in [-0.2, -0.15) is 0 Å². The highest BCUT2D eigenvalue weighted by molar-refractivity contribution is 14.1. The first-order valence-corrected chi connectivity index (χ1v) is 8.04. The molecule has 100 valence electrons. The van der Waals surface area contributed by atoms with Crippen LogP contribution in [0.15, 0.2) is 24.3 Å². The van der Waals surface area contributed by atoms with Gasteiger partial charge in [-0.3, -0.25) is 11.3 Å². The smallest absolute Gasteiger partial charge is 0.0488 e. The van der Waals surface area contributed by atoms with E-state index in [9.17, 15) is 0 Å². The summed E-state index contributed by atoms with van der Waals surface area (Å²) in [6.07, 6.45) is 6.67. The van der Waals surface area contributed by atoms with Crippen molar-refractivity contribution in [1.29, 1.82) is 0 Å². The molecule has 1 fully saturated rings. The SMILES string of the molecule is CCC1CCC(C(NN)c2ccc(I)cc2)CC1. The lowest BCUT2D eigenvalue weighted by molar-refractivity contribution is 0.219. The number of hydrazine groups is 1. The van der Waals surface area contributed by atoms with Crippen LogP contribution in [-0.2, 0) is 0 Å². The lowest BCUT2D eigenvalue weighted by Crippen LogP contribution is -2.35. The first kappa shape index (κ1) is 14.3. The standard InChI is InChI=1S/C15H23IN2/c1-2-11-3-5-12(6-4-11)15(18-17)13-7-9-14(16)10-8-13/h7-12,15,18H,2-6,17H2,1H3. The molecule has 0 heterocycles. The first-order valence-electron chi connectivity index (χ1n) is 6.96. The monoisotopic (exact) mass is 358 g/mol. The molecule has 18 heavy (non-hydrogen) atoms. The topological polar surface area (TPSA) is 38.0 Å². The van der Waals surface area contributed by atoms with Crippen molar-refractivity contribution in [1.82, 2.24) is 5.43 Å². The van der Waals surface area contributed by atoms with Crippen molar-refractivity contribution in [2.45, 2.75) is 45.1 Å². The maximum Gasteiger partial charge on any atom is 0.0488 e. The zero-order chi connectivity index (χ0) is 13.0. The predicted molar refractivity (Wildman–Crippen MR) is 85.0 cm³/mol. The van der Waals surface area contributed by atoms with E-state index in [1.54, 1.807) is 0 Å². The number of hydrogen-bond donors (Lipinski definition) is 2. The van der Waals surface area contributed by atoms with E-state index in [2.05, 4.69) is 59.2 Å². The van der Waals surface area contributed by atoms with Gasteiger partial charge in [0.25, 0.3) is 0 Å². The quantitative estimate of drug-likeness (QED) is 0.485. The van der Waals surface area contributed by atoms with E-state index in [1.807, 2.05) is 0 Å². The van der Waals surface area contributed by atoms with E-state index in [1.165, 1.54) is 41.2 Å². The van der Waals surface area contributed by atoms with E-state index in [0.717, 1.165) is 5.92 Å². The Labute approximate surface area is 124 Å². The summed E-state index contributed by atoms with van der Waals surface area (Å²) in [7, 11) is 0. The van der Waals surface area contributed by atoms with E-state index in [4.69, 9.17) is 5.84 Å². The summed E-state index contributed by atoms with van der Waals surface area (Å²) in [4.78, 5) is 0. The Morgan fingerprint density at radius 2 is 1.83 bits per heavy atom. The molecule has 0 amide bonds. The van der Waals surface area contributed by atoms with Gasteiger partial charge in [0.2, 0.25) is 0 Å². The van der Waals surface area contributed by atoms with E-state index < -0.39 is 0 Å². The highest BCUT2D eigenvalue weighted by Gasteiger charge is 2.27. The van der Waals surface area contributed by atoms with Crippen molar-refractivity contribution in [3.8, 4) is 0 Å². The van der Waals surface area contributed by atoms with Gasteiger partial charge >= 0.3 is 0 Å². The van der Waals surface area contributed by atoms with E-state index >= 15 is 0 Å². The highest BCUT2D eigenvalue weighted by Crippen LogP contribution is 2.37. The second-order valence-electron chi connectivity index (χ2n) is 5.38. The molecular formula is C15H23IN2. The molecule has 1 aromatic carbocycles. The van der Waals surface area contributed by atoms with E-state index in [0.29, 0.717) is 12.0 Å². The van der Waals surface area contributed by atoms with Crippen LogP contribution < -0.4 is 11.3 Å². The summed E-state index contributed by atoms with van der Waals surface area (Å²) in [5.41, 5.74) is 4.37. The molecule has 0 radical (unpaired) electrons. The summed E-state index contributed by atoms with van der Waals surface area (Å²) in [5.74, 6) is 7.42. The van der Waals surface area contributed by atoms with Gasteiger partial charge in [-0.05, 0) is 65.0 Å². The molecule has 1 aliphatic rings. The van der Waals surface area contributed by atoms with Gasteiger partial charge in [-0.1, -0.05) is 38.3 Å². The van der Waals surface area contributed by atoms with Crippen molar-refractivity contribution in [2.75, 3.05) is 0 Å². The van der Waals surface area contributed by atoms with Gasteiger partial charge in [0.05, 0.1) is 0 Å². The number of rotatable bonds is 4. The van der Waals surface area contributed by atoms with Gasteiger partial charge in [-0.15, -0.1) is 0 Å². The van der Waals surface area contributed by atoms with Gasteiger partial charge in [-0.25, -0.2) is 0 Å². The molecule has 0 bridgehead atoms. The zero-order valence-corrected chi connectivity index (χ0v) is 13.2. The first-order chi connectivity index (χ1) is 8.74. The Hall–Kier alpha value is -0.130. The van der Waals surface area contributed by atoms with Crippen molar-refractivity contribution >= 4 is 22.6 Å². The van der Waals surface area contributed by atoms with Crippen molar-refractivity contribution < 1.29 is 0 Å². The fraction of sp³-hybridized carbons (Fsp3) is 0.600. The Bertz CT molecular complexity index is 355. The molecule has 0 saturated heterocycles. The minimum atomic E-state index is 0.319. The minimum absolute atomic E-state index is 0.319. The second kappa shape index (κ2) is 6.87. The third-order valence-electron chi connectivity index (χ3n) is 4.35. The zero-order valence-electron chi connectivity index (χ0n) is 11.0. The molecule has 1 atom stereocenters. The van der Waals surface area contributed by atoms with Crippen LogP contribution in [0.25, 0.3) is 0 Å². The second-order valence-corrected chi connectivity index (χ2v) is 6.63. The third kappa shape index (κ3) is 3.45. The third-order valence-corrected chi connectivity index (χ3v) is 5.07. The average Bonchev–Trinajstić information content (AvgIpc) is 2.42.